The minimum Gasteiger partial charge on any atom is -0.393 e. The molecule has 7 nitrogen and oxygen atoms in total. The van der Waals surface area contributed by atoms with Gasteiger partial charge in [0.05, 0.1) is 29.2 Å². The summed E-state index contributed by atoms with van der Waals surface area (Å²) in [6, 6.07) is 2.74. The molecule has 2 rings (SSSR count). The number of aromatic nitrogens is 2. The van der Waals surface area contributed by atoms with Gasteiger partial charge in [-0.05, 0) is 6.07 Å². The van der Waals surface area contributed by atoms with Crippen LogP contribution in [0, 0.1) is 10.1 Å². The third-order valence-corrected chi connectivity index (χ3v) is 3.13. The fraction of sp³-hybridized carbons (Fsp3) is 0.250. The Morgan fingerprint density at radius 1 is 1.55 bits per heavy atom. The van der Waals surface area contributed by atoms with Crippen molar-refractivity contribution in [1.82, 2.24) is 4.57 Å². The average Bonchev–Trinajstić information content (AvgIpc) is 2.77. The Balaban J connectivity index is 2.05. The lowest BCUT2D eigenvalue weighted by atomic mass is 10.2. The zero-order chi connectivity index (χ0) is 14.7. The van der Waals surface area contributed by atoms with E-state index in [1.54, 1.807) is 0 Å². The van der Waals surface area contributed by atoms with Crippen molar-refractivity contribution in [3.63, 3.8) is 0 Å². The van der Waals surface area contributed by atoms with Crippen LogP contribution in [0.4, 0.5) is 17.1 Å². The Hall–Kier alpha value is -2.28. The fourth-order valence-electron chi connectivity index (χ4n) is 1.82. The topological polar surface area (TPSA) is 90.0 Å². The highest BCUT2D eigenvalue weighted by atomic mass is 35.5. The molecule has 106 valence electrons. The summed E-state index contributed by atoms with van der Waals surface area (Å²) in [6.07, 6.45) is 5.81. The molecule has 0 aliphatic heterocycles. The van der Waals surface area contributed by atoms with Crippen molar-refractivity contribution in [2.24, 2.45) is 7.05 Å². The van der Waals surface area contributed by atoms with Crippen molar-refractivity contribution in [2.75, 3.05) is 17.6 Å². The molecule has 20 heavy (non-hydrogen) atoms. The molecule has 3 N–H and O–H groups in total. The zero-order valence-corrected chi connectivity index (χ0v) is 11.7. The predicted molar refractivity (Wildman–Crippen MR) is 76.6 cm³/mol. The van der Waals surface area contributed by atoms with Crippen LogP contribution in [0.2, 0.25) is 5.02 Å². The van der Waals surface area contributed by atoms with Gasteiger partial charge in [0.15, 0.2) is 0 Å². The Morgan fingerprint density at radius 3 is 2.90 bits per heavy atom. The predicted octanol–water partition coefficient (Wildman–Crippen LogP) is 1.57. The lowest BCUT2D eigenvalue weighted by Crippen LogP contribution is -2.24. The summed E-state index contributed by atoms with van der Waals surface area (Å²) in [7, 11) is 1.93. The molecule has 0 saturated carbocycles. The molecule has 1 aromatic carbocycles. The van der Waals surface area contributed by atoms with Crippen LogP contribution in [0.25, 0.3) is 0 Å². The summed E-state index contributed by atoms with van der Waals surface area (Å²) < 4.78 is 3.92. The van der Waals surface area contributed by atoms with E-state index in [1.165, 1.54) is 12.1 Å². The number of nitro groups is 1. The van der Waals surface area contributed by atoms with Crippen LogP contribution in [0.5, 0.6) is 0 Å². The summed E-state index contributed by atoms with van der Waals surface area (Å²) >= 11 is 6.02. The van der Waals surface area contributed by atoms with E-state index in [-0.39, 0.29) is 11.4 Å². The van der Waals surface area contributed by atoms with Gasteiger partial charge in [0.1, 0.15) is 24.6 Å². The molecule has 0 fully saturated rings. The maximum absolute atomic E-state index is 10.8. The Kier molecular flexibility index (Phi) is 4.09. The molecular formula is C12H15ClN5O2+. The fourth-order valence-corrected chi connectivity index (χ4v) is 2.06. The molecule has 0 amide bonds. The first-order valence-electron chi connectivity index (χ1n) is 5.95. The smallest absolute Gasteiger partial charge is 0.294 e. The number of halogens is 1. The highest BCUT2D eigenvalue weighted by Gasteiger charge is 2.15. The van der Waals surface area contributed by atoms with Gasteiger partial charge in [0.25, 0.3) is 5.69 Å². The van der Waals surface area contributed by atoms with Crippen molar-refractivity contribution in [2.45, 2.75) is 6.54 Å². The molecule has 1 aromatic heterocycles. The monoisotopic (exact) mass is 296 g/mol. The number of hydrogen-bond donors (Lipinski definition) is 2. The second kappa shape index (κ2) is 5.79. The number of nitrogen functional groups attached to an aromatic ring is 1. The second-order valence-corrected chi connectivity index (χ2v) is 4.80. The van der Waals surface area contributed by atoms with Crippen LogP contribution in [0.1, 0.15) is 0 Å². The van der Waals surface area contributed by atoms with Gasteiger partial charge in [-0.15, -0.1) is 0 Å². The summed E-state index contributed by atoms with van der Waals surface area (Å²) in [4.78, 5) is 10.3. The quantitative estimate of drug-likeness (QED) is 0.379. The normalized spacial score (nSPS) is 10.5. The van der Waals surface area contributed by atoms with Crippen molar-refractivity contribution in [1.29, 1.82) is 0 Å². The largest absolute Gasteiger partial charge is 0.393 e. The van der Waals surface area contributed by atoms with E-state index in [2.05, 4.69) is 5.32 Å². The van der Waals surface area contributed by atoms with Crippen LogP contribution in [-0.2, 0) is 13.6 Å². The molecule has 0 saturated heterocycles. The molecular weight excluding hydrogens is 282 g/mol. The Labute approximate surface area is 120 Å². The molecule has 1 heterocycles. The first-order chi connectivity index (χ1) is 9.47. The molecule has 8 heteroatoms. The van der Waals surface area contributed by atoms with Crippen molar-refractivity contribution >= 4 is 28.7 Å². The minimum atomic E-state index is -0.525. The molecule has 0 aliphatic rings. The highest BCUT2D eigenvalue weighted by molar-refractivity contribution is 6.33. The van der Waals surface area contributed by atoms with Crippen LogP contribution in [0.3, 0.4) is 0 Å². The zero-order valence-electron chi connectivity index (χ0n) is 10.9. The lowest BCUT2D eigenvalue weighted by Gasteiger charge is -2.08. The molecule has 0 radical (unpaired) electrons. The summed E-state index contributed by atoms with van der Waals surface area (Å²) in [5.41, 5.74) is 5.97. The highest BCUT2D eigenvalue weighted by Crippen LogP contribution is 2.32. The summed E-state index contributed by atoms with van der Waals surface area (Å²) in [6.45, 7) is 1.31. The number of imidazole rings is 1. The molecule has 0 unspecified atom stereocenters. The van der Waals surface area contributed by atoms with Crippen LogP contribution in [0.15, 0.2) is 30.9 Å². The van der Waals surface area contributed by atoms with Gasteiger partial charge < -0.3 is 11.1 Å². The number of anilines is 2. The second-order valence-electron chi connectivity index (χ2n) is 4.39. The molecule has 0 spiro atoms. The average molecular weight is 297 g/mol. The van der Waals surface area contributed by atoms with Crippen LogP contribution < -0.4 is 15.6 Å². The number of rotatable bonds is 5. The van der Waals surface area contributed by atoms with Crippen molar-refractivity contribution in [3.8, 4) is 0 Å². The summed E-state index contributed by atoms with van der Waals surface area (Å²) in [5.74, 6) is 0. The Bertz CT molecular complexity index is 641. The van der Waals surface area contributed by atoms with E-state index in [9.17, 15) is 10.1 Å². The van der Waals surface area contributed by atoms with Gasteiger partial charge in [-0.1, -0.05) is 11.6 Å². The van der Waals surface area contributed by atoms with E-state index < -0.39 is 4.92 Å². The minimum absolute atomic E-state index is 0.0583. The van der Waals surface area contributed by atoms with Gasteiger partial charge in [0.2, 0.25) is 6.33 Å². The number of benzene rings is 1. The van der Waals surface area contributed by atoms with Gasteiger partial charge in [-0.25, -0.2) is 9.13 Å². The number of nitrogens with zero attached hydrogens (tertiary/aromatic N) is 3. The number of nitro benzene ring substituents is 1. The number of aryl methyl sites for hydroxylation is 1. The summed E-state index contributed by atoms with van der Waals surface area (Å²) in [5, 5.41) is 14.3. The van der Waals surface area contributed by atoms with Crippen molar-refractivity contribution in [3.05, 3.63) is 46.0 Å². The van der Waals surface area contributed by atoms with Gasteiger partial charge in [0, 0.05) is 6.07 Å². The maximum Gasteiger partial charge on any atom is 0.294 e. The molecule has 0 aliphatic carbocycles. The van der Waals surface area contributed by atoms with Gasteiger partial charge in [-0.3, -0.25) is 10.1 Å². The van der Waals surface area contributed by atoms with E-state index in [1.807, 2.05) is 34.9 Å². The van der Waals surface area contributed by atoms with Gasteiger partial charge >= 0.3 is 0 Å². The van der Waals surface area contributed by atoms with Crippen LogP contribution >= 0.6 is 11.6 Å². The van der Waals surface area contributed by atoms with E-state index in [4.69, 9.17) is 17.3 Å². The Morgan fingerprint density at radius 2 is 2.30 bits per heavy atom. The molecule has 0 atom stereocenters. The third kappa shape index (κ3) is 3.18. The SMILES string of the molecule is C[n+]1ccn(CCNc2cc([N+](=O)[O-])c(N)cc2Cl)c1. The van der Waals surface area contributed by atoms with E-state index >= 15 is 0 Å². The first-order valence-corrected chi connectivity index (χ1v) is 6.33. The van der Waals surface area contributed by atoms with Crippen LogP contribution in [-0.4, -0.2) is 16.0 Å². The third-order valence-electron chi connectivity index (χ3n) is 2.82. The van der Waals surface area contributed by atoms with E-state index in [0.29, 0.717) is 17.3 Å². The number of hydrogen-bond acceptors (Lipinski definition) is 4. The number of nitrogens with one attached hydrogen (secondary N) is 1. The first kappa shape index (κ1) is 14.1. The maximum atomic E-state index is 10.8. The molecule has 2 aromatic rings. The molecule has 0 bridgehead atoms. The van der Waals surface area contributed by atoms with E-state index in [0.717, 1.165) is 6.54 Å². The van der Waals surface area contributed by atoms with Gasteiger partial charge in [-0.2, -0.15) is 0 Å². The van der Waals surface area contributed by atoms with Crippen molar-refractivity contribution < 1.29 is 9.49 Å². The number of nitrogens with two attached hydrogens (primary N) is 1. The lowest BCUT2D eigenvalue weighted by molar-refractivity contribution is -0.671. The standard InChI is InChI=1S/C12H15ClN5O2/c1-16-4-5-17(8-16)3-2-15-11-7-12(18(19)20)10(14)6-9(11)13/h4-8,15H,2-3,14H2,1H3/q+1.